The van der Waals surface area contributed by atoms with Gasteiger partial charge in [0, 0.05) is 12.4 Å². The Morgan fingerprint density at radius 3 is 2.67 bits per heavy atom. The second kappa shape index (κ2) is 5.83. The van der Waals surface area contributed by atoms with Crippen LogP contribution in [0.15, 0.2) is 40.0 Å². The fourth-order valence-corrected chi connectivity index (χ4v) is 2.10. The molecule has 21 heavy (non-hydrogen) atoms. The monoisotopic (exact) mass is 353 g/mol. The molecular weight excluding hydrogens is 346 g/mol. The Labute approximate surface area is 126 Å². The zero-order valence-electron chi connectivity index (χ0n) is 10.4. The summed E-state index contributed by atoms with van der Waals surface area (Å²) >= 11 is 2.97. The van der Waals surface area contributed by atoms with E-state index >= 15 is 0 Å². The first-order valence-electron chi connectivity index (χ1n) is 5.60. The molecular formula is C12H8BrN3O5. The summed E-state index contributed by atoms with van der Waals surface area (Å²) in [6.07, 6.45) is 3.71. The third kappa shape index (κ3) is 3.31. The molecule has 0 atom stereocenters. The van der Waals surface area contributed by atoms with Crippen molar-refractivity contribution < 1.29 is 14.8 Å². The first-order valence-corrected chi connectivity index (χ1v) is 6.40. The molecule has 0 aliphatic heterocycles. The number of carbonyl (C=O) groups is 1. The molecule has 0 bridgehead atoms. The fourth-order valence-electron chi connectivity index (χ4n) is 1.63. The molecule has 0 fully saturated rings. The lowest BCUT2D eigenvalue weighted by Crippen LogP contribution is -2.14. The smallest absolute Gasteiger partial charge is 0.337 e. The minimum atomic E-state index is -1.09. The van der Waals surface area contributed by atoms with Crippen molar-refractivity contribution >= 4 is 27.6 Å². The number of rotatable bonds is 4. The third-order valence-electron chi connectivity index (χ3n) is 2.63. The molecule has 0 radical (unpaired) electrons. The van der Waals surface area contributed by atoms with Crippen molar-refractivity contribution in [2.75, 3.05) is 0 Å². The molecule has 0 saturated heterocycles. The molecule has 0 spiro atoms. The molecule has 2 aromatic heterocycles. The van der Waals surface area contributed by atoms with E-state index in [2.05, 4.69) is 20.9 Å². The lowest BCUT2D eigenvalue weighted by molar-refractivity contribution is -0.386. The predicted octanol–water partition coefficient (Wildman–Crippen LogP) is 1.66. The summed E-state index contributed by atoms with van der Waals surface area (Å²) in [7, 11) is 0. The highest BCUT2D eigenvalue weighted by molar-refractivity contribution is 9.10. The van der Waals surface area contributed by atoms with E-state index in [0.29, 0.717) is 5.69 Å². The van der Waals surface area contributed by atoms with Gasteiger partial charge in [-0.3, -0.25) is 19.9 Å². The maximum Gasteiger partial charge on any atom is 0.337 e. The van der Waals surface area contributed by atoms with Gasteiger partial charge in [0.25, 0.3) is 5.43 Å². The van der Waals surface area contributed by atoms with Crippen LogP contribution >= 0.6 is 15.9 Å². The average molecular weight is 354 g/mol. The molecule has 8 nitrogen and oxygen atoms in total. The molecule has 9 heteroatoms. The van der Waals surface area contributed by atoms with E-state index in [4.69, 9.17) is 5.11 Å². The summed E-state index contributed by atoms with van der Waals surface area (Å²) in [5, 5.41) is 19.6. The quantitative estimate of drug-likeness (QED) is 0.660. The fraction of sp³-hybridized carbons (Fsp3) is 0.0833. The molecule has 0 aliphatic rings. The summed E-state index contributed by atoms with van der Waals surface area (Å²) < 4.78 is 1.49. The number of carboxylic acid groups (broad SMARTS) is 1. The third-order valence-corrected chi connectivity index (χ3v) is 3.19. The summed E-state index contributed by atoms with van der Waals surface area (Å²) in [5.74, 6) is -1.09. The largest absolute Gasteiger partial charge is 0.478 e. The van der Waals surface area contributed by atoms with Crippen LogP contribution in [0.4, 0.5) is 5.69 Å². The summed E-state index contributed by atoms with van der Waals surface area (Å²) in [4.78, 5) is 36.2. The van der Waals surface area contributed by atoms with Crippen molar-refractivity contribution in [3.63, 3.8) is 0 Å². The average Bonchev–Trinajstić information content (AvgIpc) is 2.43. The molecule has 0 aromatic carbocycles. The molecule has 2 rings (SSSR count). The molecule has 0 amide bonds. The Balaban J connectivity index is 2.33. The van der Waals surface area contributed by atoms with E-state index in [-0.39, 0.29) is 16.6 Å². The van der Waals surface area contributed by atoms with Crippen LogP contribution < -0.4 is 5.43 Å². The van der Waals surface area contributed by atoms with Crippen molar-refractivity contribution in [2.45, 2.75) is 6.54 Å². The van der Waals surface area contributed by atoms with Crippen molar-refractivity contribution in [2.24, 2.45) is 0 Å². The van der Waals surface area contributed by atoms with Crippen molar-refractivity contribution in [1.29, 1.82) is 0 Å². The van der Waals surface area contributed by atoms with Crippen molar-refractivity contribution in [3.05, 3.63) is 66.8 Å². The molecule has 108 valence electrons. The van der Waals surface area contributed by atoms with Gasteiger partial charge in [0.15, 0.2) is 0 Å². The number of hydrogen-bond donors (Lipinski definition) is 1. The summed E-state index contributed by atoms with van der Waals surface area (Å²) in [6.45, 7) is 0.166. The van der Waals surface area contributed by atoms with E-state index in [0.717, 1.165) is 6.20 Å². The van der Waals surface area contributed by atoms with Gasteiger partial charge in [-0.2, -0.15) is 0 Å². The lowest BCUT2D eigenvalue weighted by atomic mass is 10.2. The molecule has 1 N–H and O–H groups in total. The minimum absolute atomic E-state index is 0.0471. The van der Waals surface area contributed by atoms with Crippen LogP contribution in [0, 0.1) is 10.1 Å². The van der Waals surface area contributed by atoms with E-state index in [1.807, 2.05) is 0 Å². The first-order chi connectivity index (χ1) is 9.88. The Bertz CT molecular complexity index is 769. The van der Waals surface area contributed by atoms with Gasteiger partial charge >= 0.3 is 11.7 Å². The van der Waals surface area contributed by atoms with E-state index < -0.39 is 22.0 Å². The van der Waals surface area contributed by atoms with E-state index in [1.165, 1.54) is 29.1 Å². The Morgan fingerprint density at radius 1 is 1.43 bits per heavy atom. The highest BCUT2D eigenvalue weighted by Crippen LogP contribution is 2.12. The number of pyridine rings is 2. The van der Waals surface area contributed by atoms with Gasteiger partial charge in [0.1, 0.15) is 0 Å². The molecule has 0 aliphatic carbocycles. The normalized spacial score (nSPS) is 10.3. The first kappa shape index (κ1) is 14.9. The van der Waals surface area contributed by atoms with Crippen LogP contribution in [0.3, 0.4) is 0 Å². The van der Waals surface area contributed by atoms with Crippen molar-refractivity contribution in [3.8, 4) is 0 Å². The van der Waals surface area contributed by atoms with E-state index in [1.54, 1.807) is 0 Å². The van der Waals surface area contributed by atoms with Gasteiger partial charge in [0.2, 0.25) is 0 Å². The number of nitrogens with zero attached hydrogens (tertiary/aromatic N) is 3. The molecule has 2 aromatic rings. The number of nitro groups is 1. The maximum atomic E-state index is 11.6. The number of halogens is 1. The van der Waals surface area contributed by atoms with Gasteiger partial charge in [-0.15, -0.1) is 0 Å². The van der Waals surface area contributed by atoms with Crippen LogP contribution in [-0.4, -0.2) is 25.6 Å². The molecule has 2 heterocycles. The topological polar surface area (TPSA) is 115 Å². The van der Waals surface area contributed by atoms with Crippen LogP contribution in [0.2, 0.25) is 0 Å². The van der Waals surface area contributed by atoms with Gasteiger partial charge < -0.3 is 9.67 Å². The lowest BCUT2D eigenvalue weighted by Gasteiger charge is -2.06. The van der Waals surface area contributed by atoms with Crippen LogP contribution in [0.5, 0.6) is 0 Å². The Kier molecular flexibility index (Phi) is 4.13. The van der Waals surface area contributed by atoms with Crippen LogP contribution in [0.1, 0.15) is 16.1 Å². The summed E-state index contributed by atoms with van der Waals surface area (Å²) in [6, 6.07) is 2.89. The maximum absolute atomic E-state index is 11.6. The molecule has 0 unspecified atom stereocenters. The summed E-state index contributed by atoms with van der Waals surface area (Å²) in [5.41, 5.74) is -0.701. The minimum Gasteiger partial charge on any atom is -0.478 e. The van der Waals surface area contributed by atoms with Crippen LogP contribution in [0.25, 0.3) is 0 Å². The van der Waals surface area contributed by atoms with E-state index in [9.17, 15) is 19.7 Å². The second-order valence-electron chi connectivity index (χ2n) is 4.09. The predicted molar refractivity (Wildman–Crippen MR) is 75.4 cm³/mol. The van der Waals surface area contributed by atoms with Gasteiger partial charge in [0.05, 0.1) is 33.4 Å². The Hall–Kier alpha value is -2.55. The Morgan fingerprint density at radius 2 is 2.14 bits per heavy atom. The van der Waals surface area contributed by atoms with Gasteiger partial charge in [-0.05, 0) is 28.1 Å². The second-order valence-corrected chi connectivity index (χ2v) is 4.95. The van der Waals surface area contributed by atoms with Gasteiger partial charge in [-0.25, -0.2) is 4.79 Å². The number of aromatic nitrogens is 2. The van der Waals surface area contributed by atoms with Crippen LogP contribution in [-0.2, 0) is 6.54 Å². The molecule has 0 saturated carbocycles. The number of hydrogen-bond acceptors (Lipinski definition) is 5. The highest BCUT2D eigenvalue weighted by Gasteiger charge is 2.16. The van der Waals surface area contributed by atoms with Gasteiger partial charge in [-0.1, -0.05) is 0 Å². The number of carboxylic acids is 1. The number of aromatic carboxylic acids is 1. The highest BCUT2D eigenvalue weighted by atomic mass is 79.9. The zero-order valence-corrected chi connectivity index (χ0v) is 12.0. The zero-order chi connectivity index (χ0) is 15.6. The van der Waals surface area contributed by atoms with Crippen molar-refractivity contribution in [1.82, 2.24) is 9.55 Å². The standard InChI is InChI=1S/C12H8BrN3O5/c13-9-5-15(6-10(11(9)17)16(20)21)4-8-2-1-7(3-14-8)12(18)19/h1-3,5-6H,4H2,(H,18,19). The SMILES string of the molecule is O=C(O)c1ccc(Cn2cc(Br)c(=O)c([N+](=O)[O-])c2)nc1.